The molecule has 1 radical (unpaired) electrons. The molecule has 1 aromatic rings. The molecule has 0 heterocycles. The summed E-state index contributed by atoms with van der Waals surface area (Å²) in [7, 11) is 0. The van der Waals surface area contributed by atoms with Crippen molar-refractivity contribution in [1.29, 1.82) is 0 Å². The monoisotopic (exact) mass is 145 g/mol. The fourth-order valence-electron chi connectivity index (χ4n) is 0.993. The van der Waals surface area contributed by atoms with Crippen molar-refractivity contribution in [1.82, 2.24) is 0 Å². The highest BCUT2D eigenvalue weighted by Gasteiger charge is 1.97. The molecule has 0 amide bonds. The molecule has 1 unspecified atom stereocenters. The van der Waals surface area contributed by atoms with E-state index in [0.29, 0.717) is 5.92 Å². The molecule has 0 nitrogen and oxygen atoms in total. The van der Waals surface area contributed by atoms with Gasteiger partial charge in [-0.25, -0.2) is 0 Å². The number of rotatable bonds is 2. The van der Waals surface area contributed by atoms with E-state index < -0.39 is 0 Å². The largest absolute Gasteiger partial charge is 0.0985 e. The third kappa shape index (κ3) is 1.94. The minimum Gasteiger partial charge on any atom is -0.0985 e. The second-order valence-electron chi connectivity index (χ2n) is 2.78. The lowest BCUT2D eigenvalue weighted by molar-refractivity contribution is 0.964. The second-order valence-corrected chi connectivity index (χ2v) is 2.78. The molecule has 0 saturated carbocycles. The van der Waals surface area contributed by atoms with Crippen molar-refractivity contribution >= 4 is 6.08 Å². The van der Waals surface area contributed by atoms with Crippen molar-refractivity contribution < 1.29 is 0 Å². The molecule has 57 valence electrons. The van der Waals surface area contributed by atoms with Gasteiger partial charge in [0.2, 0.25) is 0 Å². The Morgan fingerprint density at radius 1 is 1.45 bits per heavy atom. The lowest BCUT2D eigenvalue weighted by atomic mass is 10.0. The van der Waals surface area contributed by atoms with Gasteiger partial charge in [0.1, 0.15) is 0 Å². The fourth-order valence-corrected chi connectivity index (χ4v) is 0.993. The summed E-state index contributed by atoms with van der Waals surface area (Å²) >= 11 is 0. The molecule has 0 bridgehead atoms. The Balaban J connectivity index is 3.00. The van der Waals surface area contributed by atoms with E-state index in [1.807, 2.05) is 18.2 Å². The lowest BCUT2D eigenvalue weighted by Crippen LogP contribution is -1.86. The summed E-state index contributed by atoms with van der Waals surface area (Å²) < 4.78 is 0. The van der Waals surface area contributed by atoms with Crippen LogP contribution in [0.1, 0.15) is 24.0 Å². The van der Waals surface area contributed by atoms with Crippen molar-refractivity contribution in [2.45, 2.75) is 12.8 Å². The summed E-state index contributed by atoms with van der Waals surface area (Å²) in [6.07, 6.45) is 1.85. The molecular formula is C11H13. The van der Waals surface area contributed by atoms with Crippen LogP contribution in [0.4, 0.5) is 0 Å². The van der Waals surface area contributed by atoms with E-state index >= 15 is 0 Å². The zero-order chi connectivity index (χ0) is 8.27. The average Bonchev–Trinajstić information content (AvgIpc) is 2.05. The van der Waals surface area contributed by atoms with Crippen LogP contribution in [0.15, 0.2) is 30.8 Å². The molecule has 0 aromatic heterocycles. The van der Waals surface area contributed by atoms with Crippen LogP contribution < -0.4 is 0 Å². The van der Waals surface area contributed by atoms with E-state index in [4.69, 9.17) is 0 Å². The quantitative estimate of drug-likeness (QED) is 0.599. The minimum absolute atomic E-state index is 0.356. The highest BCUT2D eigenvalue weighted by Crippen LogP contribution is 2.15. The Morgan fingerprint density at radius 3 is 2.73 bits per heavy atom. The normalized spacial score (nSPS) is 10.1. The van der Waals surface area contributed by atoms with Gasteiger partial charge in [0.25, 0.3) is 0 Å². The maximum Gasteiger partial charge on any atom is -0.0190 e. The molecule has 0 N–H and O–H groups in total. The zero-order valence-corrected chi connectivity index (χ0v) is 6.88. The molecule has 1 rings (SSSR count). The van der Waals surface area contributed by atoms with Crippen LogP contribution >= 0.6 is 0 Å². The second kappa shape index (κ2) is 3.38. The standard InChI is InChI=1S/C11H13/c1-4-10-6-5-7-11(8-10)9(2)3/h4-9H,1-2H2,3H3. The van der Waals surface area contributed by atoms with Crippen LogP contribution in [0.25, 0.3) is 6.08 Å². The van der Waals surface area contributed by atoms with Gasteiger partial charge in [0.15, 0.2) is 0 Å². The van der Waals surface area contributed by atoms with Gasteiger partial charge < -0.3 is 0 Å². The molecule has 1 atom stereocenters. The topological polar surface area (TPSA) is 0 Å². The lowest BCUT2D eigenvalue weighted by Gasteiger charge is -2.04. The van der Waals surface area contributed by atoms with Crippen LogP contribution in [0.3, 0.4) is 0 Å². The Kier molecular flexibility index (Phi) is 2.48. The molecule has 1 aromatic carbocycles. The number of benzene rings is 1. The summed E-state index contributed by atoms with van der Waals surface area (Å²) in [5, 5.41) is 0. The van der Waals surface area contributed by atoms with E-state index in [0.717, 1.165) is 5.56 Å². The van der Waals surface area contributed by atoms with Crippen molar-refractivity contribution in [2.24, 2.45) is 0 Å². The molecular weight excluding hydrogens is 132 g/mol. The predicted molar refractivity (Wildman–Crippen MR) is 50.3 cm³/mol. The van der Waals surface area contributed by atoms with Gasteiger partial charge in [-0.1, -0.05) is 43.8 Å². The summed E-state index contributed by atoms with van der Waals surface area (Å²) in [4.78, 5) is 0. The fraction of sp³-hybridized carbons (Fsp3) is 0.182. The number of hydrogen-bond donors (Lipinski definition) is 0. The van der Waals surface area contributed by atoms with Crippen molar-refractivity contribution in [2.75, 3.05) is 0 Å². The molecule has 0 aliphatic heterocycles. The van der Waals surface area contributed by atoms with Gasteiger partial charge >= 0.3 is 0 Å². The Labute approximate surface area is 68.6 Å². The molecule has 11 heavy (non-hydrogen) atoms. The van der Waals surface area contributed by atoms with E-state index in [1.165, 1.54) is 5.56 Å². The summed E-state index contributed by atoms with van der Waals surface area (Å²) in [5.74, 6) is 0.356. The first kappa shape index (κ1) is 8.06. The molecule has 0 aliphatic carbocycles. The van der Waals surface area contributed by atoms with Gasteiger partial charge in [-0.3, -0.25) is 0 Å². The summed E-state index contributed by atoms with van der Waals surface area (Å²) in [6.45, 7) is 9.75. The first-order valence-electron chi connectivity index (χ1n) is 3.79. The SMILES string of the molecule is [CH2]C(C)c1cccc(C=C)c1. The van der Waals surface area contributed by atoms with Crippen LogP contribution in [0.5, 0.6) is 0 Å². The van der Waals surface area contributed by atoms with Gasteiger partial charge in [-0.15, -0.1) is 0 Å². The van der Waals surface area contributed by atoms with Crippen LogP contribution in [0, 0.1) is 6.92 Å². The van der Waals surface area contributed by atoms with Crippen LogP contribution in [-0.4, -0.2) is 0 Å². The first-order chi connectivity index (χ1) is 5.24. The maximum absolute atomic E-state index is 3.95. The van der Waals surface area contributed by atoms with Gasteiger partial charge in [-0.2, -0.15) is 0 Å². The Bertz CT molecular complexity index is 246. The Morgan fingerprint density at radius 2 is 2.18 bits per heavy atom. The first-order valence-corrected chi connectivity index (χ1v) is 3.79. The van der Waals surface area contributed by atoms with Crippen molar-refractivity contribution in [3.8, 4) is 0 Å². The molecule has 0 saturated heterocycles. The van der Waals surface area contributed by atoms with Gasteiger partial charge in [0, 0.05) is 0 Å². The molecule has 0 fully saturated rings. The van der Waals surface area contributed by atoms with Crippen LogP contribution in [-0.2, 0) is 0 Å². The third-order valence-electron chi connectivity index (χ3n) is 1.72. The summed E-state index contributed by atoms with van der Waals surface area (Å²) in [5.41, 5.74) is 2.43. The third-order valence-corrected chi connectivity index (χ3v) is 1.72. The highest BCUT2D eigenvalue weighted by atomic mass is 14.0. The van der Waals surface area contributed by atoms with E-state index in [1.54, 1.807) is 0 Å². The van der Waals surface area contributed by atoms with Gasteiger partial charge in [0.05, 0.1) is 0 Å². The smallest absolute Gasteiger partial charge is 0.0190 e. The molecule has 0 aliphatic rings. The van der Waals surface area contributed by atoms with E-state index in [-0.39, 0.29) is 0 Å². The zero-order valence-electron chi connectivity index (χ0n) is 6.88. The van der Waals surface area contributed by atoms with Crippen molar-refractivity contribution in [3.63, 3.8) is 0 Å². The molecule has 0 spiro atoms. The van der Waals surface area contributed by atoms with Gasteiger partial charge in [-0.05, 0) is 24.0 Å². The maximum atomic E-state index is 3.95. The predicted octanol–water partition coefficient (Wildman–Crippen LogP) is 3.27. The minimum atomic E-state index is 0.356. The molecule has 0 heteroatoms. The highest BCUT2D eigenvalue weighted by molar-refractivity contribution is 5.48. The Hall–Kier alpha value is -1.04. The summed E-state index contributed by atoms with van der Waals surface area (Å²) in [6, 6.07) is 8.28. The van der Waals surface area contributed by atoms with Crippen molar-refractivity contribution in [3.05, 3.63) is 48.9 Å². The number of hydrogen-bond acceptors (Lipinski definition) is 0. The van der Waals surface area contributed by atoms with Crippen LogP contribution in [0.2, 0.25) is 0 Å². The average molecular weight is 145 g/mol. The van der Waals surface area contributed by atoms with E-state index in [2.05, 4.69) is 32.6 Å². The van der Waals surface area contributed by atoms with E-state index in [9.17, 15) is 0 Å².